The first-order chi connectivity index (χ1) is 10.3. The third-order valence-electron chi connectivity index (χ3n) is 3.26. The van der Waals surface area contributed by atoms with Gasteiger partial charge in [0.2, 0.25) is 0 Å². The average molecular weight is 302 g/mol. The maximum Gasteiger partial charge on any atom is 0.191 e. The number of aromatic nitrogens is 1. The van der Waals surface area contributed by atoms with Gasteiger partial charge < -0.3 is 10.6 Å². The second-order valence-electron chi connectivity index (χ2n) is 4.91. The van der Waals surface area contributed by atoms with Crippen molar-refractivity contribution < 1.29 is 0 Å². The molecule has 0 bridgehead atoms. The highest BCUT2D eigenvalue weighted by Gasteiger charge is 2.07. The third-order valence-corrected chi connectivity index (χ3v) is 4.36. The molecular formula is C16H22N4S. The fraction of sp³-hybridized carbons (Fsp3) is 0.375. The van der Waals surface area contributed by atoms with Gasteiger partial charge in [-0.3, -0.25) is 9.98 Å². The molecule has 112 valence electrons. The summed E-state index contributed by atoms with van der Waals surface area (Å²) in [5.41, 5.74) is 1.23. The lowest BCUT2D eigenvalue weighted by Gasteiger charge is -2.15. The van der Waals surface area contributed by atoms with Gasteiger partial charge in [0.05, 0.1) is 0 Å². The van der Waals surface area contributed by atoms with Gasteiger partial charge >= 0.3 is 0 Å². The van der Waals surface area contributed by atoms with Crippen LogP contribution in [0.1, 0.15) is 23.3 Å². The number of nitrogens with zero attached hydrogens (tertiary/aromatic N) is 2. The highest BCUT2D eigenvalue weighted by molar-refractivity contribution is 7.10. The number of aliphatic imine (C=N–C) groups is 1. The fourth-order valence-corrected chi connectivity index (χ4v) is 2.80. The maximum atomic E-state index is 4.25. The van der Waals surface area contributed by atoms with Gasteiger partial charge in [-0.15, -0.1) is 11.3 Å². The molecule has 4 nitrogen and oxygen atoms in total. The molecule has 21 heavy (non-hydrogen) atoms. The molecule has 0 aliphatic rings. The zero-order valence-corrected chi connectivity index (χ0v) is 13.4. The van der Waals surface area contributed by atoms with Crippen LogP contribution >= 0.6 is 11.3 Å². The van der Waals surface area contributed by atoms with Gasteiger partial charge in [0.15, 0.2) is 5.96 Å². The Labute approximate surface area is 130 Å². The van der Waals surface area contributed by atoms with Crippen LogP contribution in [-0.2, 0) is 6.42 Å². The molecule has 2 rings (SSSR count). The van der Waals surface area contributed by atoms with Gasteiger partial charge in [0.1, 0.15) is 0 Å². The molecule has 2 aromatic heterocycles. The number of rotatable bonds is 6. The fourth-order valence-electron chi connectivity index (χ4n) is 2.01. The van der Waals surface area contributed by atoms with Crippen molar-refractivity contribution in [3.8, 4) is 0 Å². The van der Waals surface area contributed by atoms with E-state index in [1.54, 1.807) is 24.6 Å². The van der Waals surface area contributed by atoms with Crippen LogP contribution in [0, 0.1) is 0 Å². The summed E-state index contributed by atoms with van der Waals surface area (Å²) in [6, 6.07) is 8.32. The second-order valence-corrected chi connectivity index (χ2v) is 5.89. The summed E-state index contributed by atoms with van der Waals surface area (Å²) in [5, 5.41) is 8.82. The molecular weight excluding hydrogens is 280 g/mol. The first-order valence-corrected chi connectivity index (χ1v) is 8.04. The number of guanidine groups is 1. The largest absolute Gasteiger partial charge is 0.356 e. The number of hydrogen-bond donors (Lipinski definition) is 2. The molecule has 0 amide bonds. The van der Waals surface area contributed by atoms with Crippen molar-refractivity contribution in [1.29, 1.82) is 0 Å². The van der Waals surface area contributed by atoms with Gasteiger partial charge in [0, 0.05) is 43.3 Å². The summed E-state index contributed by atoms with van der Waals surface area (Å²) in [5.74, 6) is 1.34. The first kappa shape index (κ1) is 15.5. The van der Waals surface area contributed by atoms with Crippen molar-refractivity contribution in [1.82, 2.24) is 15.6 Å². The minimum Gasteiger partial charge on any atom is -0.356 e. The van der Waals surface area contributed by atoms with Crippen molar-refractivity contribution in [2.24, 2.45) is 4.99 Å². The molecule has 1 atom stereocenters. The molecule has 1 unspecified atom stereocenters. The zero-order chi connectivity index (χ0) is 14.9. The molecule has 2 N–H and O–H groups in total. The molecule has 0 aliphatic carbocycles. The van der Waals surface area contributed by atoms with E-state index in [-0.39, 0.29) is 0 Å². The van der Waals surface area contributed by atoms with E-state index in [1.165, 1.54) is 10.4 Å². The molecule has 5 heteroatoms. The van der Waals surface area contributed by atoms with Gasteiger partial charge in [0.25, 0.3) is 0 Å². The predicted molar refractivity (Wildman–Crippen MR) is 90.0 cm³/mol. The van der Waals surface area contributed by atoms with Crippen LogP contribution in [0.25, 0.3) is 0 Å². The van der Waals surface area contributed by atoms with E-state index in [9.17, 15) is 0 Å². The summed E-state index contributed by atoms with van der Waals surface area (Å²) >= 11 is 1.80. The van der Waals surface area contributed by atoms with E-state index >= 15 is 0 Å². The van der Waals surface area contributed by atoms with Gasteiger partial charge in [-0.1, -0.05) is 19.1 Å². The smallest absolute Gasteiger partial charge is 0.191 e. The van der Waals surface area contributed by atoms with Gasteiger partial charge in [-0.2, -0.15) is 0 Å². The van der Waals surface area contributed by atoms with Crippen LogP contribution < -0.4 is 10.6 Å². The van der Waals surface area contributed by atoms with Gasteiger partial charge in [-0.05, 0) is 29.5 Å². The lowest BCUT2D eigenvalue weighted by atomic mass is 10.1. The highest BCUT2D eigenvalue weighted by Crippen LogP contribution is 2.19. The molecule has 2 heterocycles. The Balaban J connectivity index is 1.71. The highest BCUT2D eigenvalue weighted by atomic mass is 32.1. The number of thiophene rings is 1. The van der Waals surface area contributed by atoms with Crippen molar-refractivity contribution in [2.75, 3.05) is 20.1 Å². The van der Waals surface area contributed by atoms with E-state index < -0.39 is 0 Å². The second kappa shape index (κ2) is 8.42. The van der Waals surface area contributed by atoms with Crippen LogP contribution in [0.3, 0.4) is 0 Å². The van der Waals surface area contributed by atoms with E-state index in [0.29, 0.717) is 5.92 Å². The number of nitrogens with one attached hydrogen (secondary N) is 2. The molecule has 0 saturated heterocycles. The number of pyridine rings is 1. The first-order valence-electron chi connectivity index (χ1n) is 7.16. The molecule has 0 aliphatic heterocycles. The van der Waals surface area contributed by atoms with E-state index in [2.05, 4.69) is 51.1 Å². The molecule has 0 spiro atoms. The van der Waals surface area contributed by atoms with Crippen LogP contribution in [0.2, 0.25) is 0 Å². The third kappa shape index (κ3) is 5.19. The maximum absolute atomic E-state index is 4.25. The Kier molecular flexibility index (Phi) is 6.22. The quantitative estimate of drug-likeness (QED) is 0.637. The van der Waals surface area contributed by atoms with Crippen LogP contribution in [0.15, 0.2) is 47.0 Å². The average Bonchev–Trinajstić information content (AvgIpc) is 3.06. The van der Waals surface area contributed by atoms with Gasteiger partial charge in [-0.25, -0.2) is 0 Å². The molecule has 0 radical (unpaired) electrons. The van der Waals surface area contributed by atoms with E-state index in [0.717, 1.165) is 25.5 Å². The van der Waals surface area contributed by atoms with Crippen molar-refractivity contribution in [3.05, 3.63) is 52.5 Å². The normalized spacial score (nSPS) is 13.0. The standard InChI is InChI=1S/C16H22N4S/c1-13(15-6-4-10-21-15)11-20-16(17-2)19-9-7-14-5-3-8-18-12-14/h3-6,8,10,12-13H,7,9,11H2,1-2H3,(H2,17,19,20). The van der Waals surface area contributed by atoms with E-state index in [4.69, 9.17) is 0 Å². The summed E-state index contributed by atoms with van der Waals surface area (Å²) in [6.07, 6.45) is 4.63. The lowest BCUT2D eigenvalue weighted by Crippen LogP contribution is -2.39. The lowest BCUT2D eigenvalue weighted by molar-refractivity contribution is 0.707. The Hall–Kier alpha value is -1.88. The monoisotopic (exact) mass is 302 g/mol. The Morgan fingerprint density at radius 3 is 2.90 bits per heavy atom. The Morgan fingerprint density at radius 1 is 1.33 bits per heavy atom. The topological polar surface area (TPSA) is 49.3 Å². The molecule has 0 saturated carbocycles. The summed E-state index contributed by atoms with van der Waals surface area (Å²) in [4.78, 5) is 9.77. The van der Waals surface area contributed by atoms with Crippen molar-refractivity contribution in [2.45, 2.75) is 19.3 Å². The van der Waals surface area contributed by atoms with Crippen molar-refractivity contribution >= 4 is 17.3 Å². The van der Waals surface area contributed by atoms with Crippen LogP contribution in [-0.4, -0.2) is 31.1 Å². The van der Waals surface area contributed by atoms with Crippen molar-refractivity contribution in [3.63, 3.8) is 0 Å². The SMILES string of the molecule is CN=C(NCCc1cccnc1)NCC(C)c1cccs1. The summed E-state index contributed by atoms with van der Waals surface area (Å²) < 4.78 is 0. The number of hydrogen-bond acceptors (Lipinski definition) is 3. The van der Waals surface area contributed by atoms with E-state index in [1.807, 2.05) is 12.3 Å². The Morgan fingerprint density at radius 2 is 2.24 bits per heavy atom. The summed E-state index contributed by atoms with van der Waals surface area (Å²) in [6.45, 7) is 3.95. The molecule has 2 aromatic rings. The predicted octanol–water partition coefficient (Wildman–Crippen LogP) is 2.65. The zero-order valence-electron chi connectivity index (χ0n) is 12.5. The summed E-state index contributed by atoms with van der Waals surface area (Å²) in [7, 11) is 1.80. The van der Waals surface area contributed by atoms with Crippen LogP contribution in [0.4, 0.5) is 0 Å². The van der Waals surface area contributed by atoms with Crippen LogP contribution in [0.5, 0.6) is 0 Å². The minimum atomic E-state index is 0.488. The Bertz CT molecular complexity index is 537. The molecule has 0 fully saturated rings. The minimum absolute atomic E-state index is 0.488. The molecule has 0 aromatic carbocycles.